The average Bonchev–Trinajstić information content (AvgIpc) is 2.61. The summed E-state index contributed by atoms with van der Waals surface area (Å²) in [6.45, 7) is 5.57. The first-order valence-corrected chi connectivity index (χ1v) is 11.4. The molecule has 0 spiro atoms. The van der Waals surface area contributed by atoms with Crippen molar-refractivity contribution in [2.45, 2.75) is 77.4 Å². The highest BCUT2D eigenvalue weighted by Crippen LogP contribution is 2.21. The Morgan fingerprint density at radius 2 is 1.52 bits per heavy atom. The topological polar surface area (TPSA) is 104 Å². The molecule has 1 aromatic rings. The molecule has 0 saturated heterocycles. The van der Waals surface area contributed by atoms with Gasteiger partial charge in [0.05, 0.1) is 10.9 Å². The Kier molecular flexibility index (Phi) is 13.4. The number of carboxylic acids is 1. The Labute approximate surface area is 172 Å². The fraction of sp³-hybridized carbons (Fsp3) is 0.650. The van der Waals surface area contributed by atoms with Gasteiger partial charge in [-0.25, -0.2) is 13.6 Å². The molecule has 1 rings (SSSR count). The maximum atomic E-state index is 13.8. The van der Waals surface area contributed by atoms with Crippen LogP contribution in [-0.4, -0.2) is 35.8 Å². The third-order valence-electron chi connectivity index (χ3n) is 4.25. The van der Waals surface area contributed by atoms with E-state index < -0.39 is 38.5 Å². The molecule has 3 N–H and O–H groups in total. The molecule has 0 amide bonds. The minimum absolute atomic E-state index is 0.0433. The van der Waals surface area contributed by atoms with Crippen molar-refractivity contribution < 1.29 is 31.7 Å². The van der Waals surface area contributed by atoms with Crippen LogP contribution in [0.25, 0.3) is 0 Å². The van der Waals surface area contributed by atoms with Crippen molar-refractivity contribution >= 4 is 21.8 Å². The first kappa shape index (κ1) is 27.3. The molecule has 0 heterocycles. The summed E-state index contributed by atoms with van der Waals surface area (Å²) in [4.78, 5) is 10.8. The summed E-state index contributed by atoms with van der Waals surface area (Å²) in [6, 6.07) is 2.21. The number of nitrogens with one attached hydrogen (secondary N) is 1. The number of halogens is 2. The molecule has 1 aromatic carbocycles. The largest absolute Gasteiger partial charge is 0.477 e. The van der Waals surface area contributed by atoms with Crippen molar-refractivity contribution in [1.29, 1.82) is 0 Å². The molecule has 9 heteroatoms. The predicted octanol–water partition coefficient (Wildman–Crippen LogP) is 5.50. The molecular weight excluding hydrogens is 404 g/mol. The highest BCUT2D eigenvalue weighted by atomic mass is 32.2. The minimum Gasteiger partial charge on any atom is -0.477 e. The second-order valence-corrected chi connectivity index (χ2v) is 9.03. The predicted molar refractivity (Wildman–Crippen MR) is 111 cm³/mol. The van der Waals surface area contributed by atoms with Gasteiger partial charge in [-0.1, -0.05) is 51.9 Å². The Balaban J connectivity index is 0.000000956. The normalized spacial score (nSPS) is 11.1. The number of hydrogen-bond acceptors (Lipinski definition) is 4. The lowest BCUT2D eigenvalue weighted by molar-refractivity contribution is 0.0686. The van der Waals surface area contributed by atoms with Gasteiger partial charge in [0, 0.05) is 6.54 Å². The second-order valence-electron chi connectivity index (χ2n) is 7.05. The van der Waals surface area contributed by atoms with Gasteiger partial charge < -0.3 is 10.4 Å². The average molecular weight is 438 g/mol. The highest BCUT2D eigenvalue weighted by Gasteiger charge is 2.19. The van der Waals surface area contributed by atoms with Gasteiger partial charge in [0.1, 0.15) is 11.4 Å². The zero-order chi connectivity index (χ0) is 22.4. The number of anilines is 1. The van der Waals surface area contributed by atoms with Gasteiger partial charge in [0.25, 0.3) is 10.1 Å². The lowest BCUT2D eigenvalue weighted by Gasteiger charge is -2.09. The summed E-state index contributed by atoms with van der Waals surface area (Å²) >= 11 is 0. The van der Waals surface area contributed by atoms with E-state index in [0.29, 0.717) is 6.54 Å². The lowest BCUT2D eigenvalue weighted by atomic mass is 10.1. The van der Waals surface area contributed by atoms with Gasteiger partial charge in [0.15, 0.2) is 5.82 Å². The van der Waals surface area contributed by atoms with Gasteiger partial charge in [-0.15, -0.1) is 0 Å². The minimum atomic E-state index is -3.74. The molecule has 0 bridgehead atoms. The van der Waals surface area contributed by atoms with Crippen LogP contribution in [0.1, 0.15) is 82.5 Å². The van der Waals surface area contributed by atoms with E-state index in [0.717, 1.165) is 25.3 Å². The van der Waals surface area contributed by atoms with Crippen molar-refractivity contribution in [3.05, 3.63) is 29.3 Å². The summed E-state index contributed by atoms with van der Waals surface area (Å²) in [5.41, 5.74) is -0.859. The van der Waals surface area contributed by atoms with Gasteiger partial charge in [-0.3, -0.25) is 4.55 Å². The van der Waals surface area contributed by atoms with Crippen LogP contribution in [0, 0.1) is 11.6 Å². The quantitative estimate of drug-likeness (QED) is 0.295. The molecule has 0 aliphatic rings. The van der Waals surface area contributed by atoms with E-state index in [4.69, 9.17) is 9.66 Å². The molecule has 0 aromatic heterocycles. The van der Waals surface area contributed by atoms with Crippen LogP contribution >= 0.6 is 0 Å². The first-order valence-electron chi connectivity index (χ1n) is 9.93. The van der Waals surface area contributed by atoms with Crippen LogP contribution in [0.3, 0.4) is 0 Å². The number of hydrogen-bond donors (Lipinski definition) is 3. The van der Waals surface area contributed by atoms with Gasteiger partial charge in [-0.2, -0.15) is 8.42 Å². The van der Waals surface area contributed by atoms with Crippen molar-refractivity contribution in [3.63, 3.8) is 0 Å². The van der Waals surface area contributed by atoms with Crippen LogP contribution in [-0.2, 0) is 10.1 Å². The molecule has 0 saturated carbocycles. The summed E-state index contributed by atoms with van der Waals surface area (Å²) in [6.07, 6.45) is 9.37. The van der Waals surface area contributed by atoms with Gasteiger partial charge in [-0.05, 0) is 32.4 Å². The third kappa shape index (κ3) is 11.8. The number of aromatic carboxylic acids is 1. The van der Waals surface area contributed by atoms with Crippen molar-refractivity contribution in [3.8, 4) is 0 Å². The van der Waals surface area contributed by atoms with Crippen LogP contribution in [0.2, 0.25) is 0 Å². The van der Waals surface area contributed by atoms with E-state index in [1.54, 1.807) is 0 Å². The molecular formula is C20H33F2NO5S. The van der Waals surface area contributed by atoms with Crippen LogP contribution < -0.4 is 5.32 Å². The van der Waals surface area contributed by atoms with Gasteiger partial charge >= 0.3 is 5.97 Å². The molecule has 0 atom stereocenters. The van der Waals surface area contributed by atoms with E-state index in [-0.39, 0.29) is 5.69 Å². The van der Waals surface area contributed by atoms with Crippen molar-refractivity contribution in [1.82, 2.24) is 0 Å². The third-order valence-corrected chi connectivity index (χ3v) is 5.44. The Morgan fingerprint density at radius 1 is 1.03 bits per heavy atom. The van der Waals surface area contributed by atoms with Crippen molar-refractivity contribution in [2.75, 3.05) is 11.9 Å². The first-order chi connectivity index (χ1) is 13.5. The van der Waals surface area contributed by atoms with E-state index in [1.807, 2.05) is 0 Å². The monoisotopic (exact) mass is 437 g/mol. The molecule has 0 aliphatic carbocycles. The molecule has 0 fully saturated rings. The Morgan fingerprint density at radius 3 is 1.97 bits per heavy atom. The summed E-state index contributed by atoms with van der Waals surface area (Å²) in [5.74, 6) is -3.68. The molecule has 168 valence electrons. The number of rotatable bonds is 12. The van der Waals surface area contributed by atoms with Gasteiger partial charge in [0.2, 0.25) is 0 Å². The fourth-order valence-electron chi connectivity index (χ4n) is 2.37. The Hall–Kier alpha value is -1.74. The Bertz CT molecular complexity index is 724. The summed E-state index contributed by atoms with van der Waals surface area (Å²) < 4.78 is 54.9. The second kappa shape index (κ2) is 14.3. The van der Waals surface area contributed by atoms with Crippen molar-refractivity contribution in [2.24, 2.45) is 0 Å². The van der Waals surface area contributed by atoms with E-state index in [2.05, 4.69) is 12.2 Å². The van der Waals surface area contributed by atoms with Crippen LogP contribution in [0.4, 0.5) is 14.5 Å². The highest BCUT2D eigenvalue weighted by molar-refractivity contribution is 7.86. The van der Waals surface area contributed by atoms with Crippen LogP contribution in [0.5, 0.6) is 0 Å². The number of unbranched alkanes of at least 4 members (excludes halogenated alkanes) is 7. The van der Waals surface area contributed by atoms with Crippen LogP contribution in [0.15, 0.2) is 12.1 Å². The zero-order valence-corrected chi connectivity index (χ0v) is 18.2. The van der Waals surface area contributed by atoms with E-state index in [1.165, 1.54) is 52.0 Å². The molecule has 0 radical (unpaired) electrons. The maximum absolute atomic E-state index is 13.8. The number of carbonyl (C=O) groups is 1. The number of carboxylic acid groups (broad SMARTS) is 1. The SMILES string of the molecule is CC(C)S(=O)(=O)O.CCCCCCCCCCNc1ccc(F)c(C(=O)O)c1F. The standard InChI is InChI=1S/C17H25F2NO2.C3H8O3S/c1-2-3-4-5-6-7-8-9-12-20-14-11-10-13(18)15(16(14)19)17(21)22;1-3(2)7(4,5)6/h10-11,20H,2-9,12H2,1H3,(H,21,22);3H,1-2H3,(H,4,5,6). The lowest BCUT2D eigenvalue weighted by Crippen LogP contribution is -2.10. The molecule has 6 nitrogen and oxygen atoms in total. The fourth-order valence-corrected chi connectivity index (χ4v) is 2.37. The van der Waals surface area contributed by atoms with E-state index in [9.17, 15) is 22.0 Å². The maximum Gasteiger partial charge on any atom is 0.341 e. The zero-order valence-electron chi connectivity index (χ0n) is 17.4. The molecule has 29 heavy (non-hydrogen) atoms. The summed E-state index contributed by atoms with van der Waals surface area (Å²) in [5, 5.41) is 11.0. The summed E-state index contributed by atoms with van der Waals surface area (Å²) in [7, 11) is -3.74. The smallest absolute Gasteiger partial charge is 0.341 e. The van der Waals surface area contributed by atoms with E-state index >= 15 is 0 Å². The molecule has 0 unspecified atom stereocenters. The molecule has 0 aliphatic heterocycles. The number of benzene rings is 1.